The van der Waals surface area contributed by atoms with Gasteiger partial charge in [-0.05, 0) is 61.8 Å². The van der Waals surface area contributed by atoms with Crippen molar-refractivity contribution in [3.05, 3.63) is 70.8 Å². The van der Waals surface area contributed by atoms with Crippen LogP contribution >= 0.6 is 0 Å². The van der Waals surface area contributed by atoms with Crippen LogP contribution in [0.2, 0.25) is 0 Å². The van der Waals surface area contributed by atoms with Gasteiger partial charge in [0.25, 0.3) is 0 Å². The summed E-state index contributed by atoms with van der Waals surface area (Å²) in [6.45, 7) is 12.7. The van der Waals surface area contributed by atoms with Crippen molar-refractivity contribution in [2.45, 2.75) is 85.4 Å². The molecule has 2 aromatic rings. The lowest BCUT2D eigenvalue weighted by molar-refractivity contribution is -0.140. The molecular weight excluding hydrogens is 384 g/mol. The third kappa shape index (κ3) is 7.23. The van der Waals surface area contributed by atoms with E-state index >= 15 is 0 Å². The molecule has 0 bridgehead atoms. The van der Waals surface area contributed by atoms with E-state index in [1.165, 1.54) is 5.56 Å². The minimum atomic E-state index is -0.524. The standard InChI is InChI=1S/C27H38N2O2/c1-7-21(5)28-27(31)22(6)29(18-25-11-9-8-10-20(25)4)26(30)17-14-23-12-15-24(16-13-23)19(2)3/h8-13,15-16,19,21-22H,7,14,17-18H2,1-6H3,(H,28,31)/t21-,22-/m1/s1. The molecule has 31 heavy (non-hydrogen) atoms. The van der Waals surface area contributed by atoms with E-state index < -0.39 is 6.04 Å². The van der Waals surface area contributed by atoms with Crippen LogP contribution in [0.3, 0.4) is 0 Å². The van der Waals surface area contributed by atoms with Crippen LogP contribution in [-0.4, -0.2) is 28.8 Å². The van der Waals surface area contributed by atoms with Crippen molar-refractivity contribution in [1.82, 2.24) is 10.2 Å². The lowest BCUT2D eigenvalue weighted by atomic mass is 10.00. The Morgan fingerprint density at radius 2 is 1.61 bits per heavy atom. The topological polar surface area (TPSA) is 49.4 Å². The largest absolute Gasteiger partial charge is 0.352 e. The Morgan fingerprint density at radius 3 is 2.19 bits per heavy atom. The quantitative estimate of drug-likeness (QED) is 0.559. The maximum atomic E-state index is 13.3. The van der Waals surface area contributed by atoms with Gasteiger partial charge >= 0.3 is 0 Å². The van der Waals surface area contributed by atoms with E-state index in [9.17, 15) is 9.59 Å². The Morgan fingerprint density at radius 1 is 0.968 bits per heavy atom. The minimum absolute atomic E-state index is 0.00277. The zero-order valence-corrected chi connectivity index (χ0v) is 19.9. The monoisotopic (exact) mass is 422 g/mol. The van der Waals surface area contributed by atoms with Gasteiger partial charge in [0.1, 0.15) is 6.04 Å². The fourth-order valence-corrected chi connectivity index (χ4v) is 3.48. The number of amides is 2. The molecule has 0 unspecified atom stereocenters. The average molecular weight is 423 g/mol. The summed E-state index contributed by atoms with van der Waals surface area (Å²) in [5.41, 5.74) is 4.64. The molecule has 2 atom stereocenters. The second-order valence-corrected chi connectivity index (χ2v) is 8.84. The van der Waals surface area contributed by atoms with Crippen LogP contribution in [0.1, 0.15) is 75.6 Å². The molecule has 2 amide bonds. The van der Waals surface area contributed by atoms with E-state index in [1.54, 1.807) is 4.90 Å². The predicted octanol–water partition coefficient (Wildman–Crippen LogP) is 5.38. The van der Waals surface area contributed by atoms with Crippen LogP contribution in [0.15, 0.2) is 48.5 Å². The molecule has 168 valence electrons. The highest BCUT2D eigenvalue weighted by atomic mass is 16.2. The van der Waals surface area contributed by atoms with E-state index in [1.807, 2.05) is 52.0 Å². The predicted molar refractivity (Wildman–Crippen MR) is 128 cm³/mol. The van der Waals surface area contributed by atoms with Crippen molar-refractivity contribution in [2.75, 3.05) is 0 Å². The Kier molecular flexibility index (Phi) is 9.29. The van der Waals surface area contributed by atoms with E-state index in [2.05, 4.69) is 43.4 Å². The van der Waals surface area contributed by atoms with Crippen LogP contribution in [0.4, 0.5) is 0 Å². The highest BCUT2D eigenvalue weighted by Gasteiger charge is 2.26. The normalized spacial score (nSPS) is 13.0. The number of rotatable bonds is 10. The van der Waals surface area contributed by atoms with Crippen LogP contribution in [0, 0.1) is 6.92 Å². The van der Waals surface area contributed by atoms with Gasteiger partial charge in [-0.1, -0.05) is 69.3 Å². The van der Waals surface area contributed by atoms with Crippen LogP contribution < -0.4 is 5.32 Å². The summed E-state index contributed by atoms with van der Waals surface area (Å²) in [4.78, 5) is 27.8. The molecule has 0 spiro atoms. The number of benzene rings is 2. The number of hydrogen-bond donors (Lipinski definition) is 1. The summed E-state index contributed by atoms with van der Waals surface area (Å²) in [6, 6.07) is 16.1. The highest BCUT2D eigenvalue weighted by molar-refractivity contribution is 5.87. The van der Waals surface area contributed by atoms with Gasteiger partial charge in [0.2, 0.25) is 11.8 Å². The van der Waals surface area contributed by atoms with E-state index in [0.717, 1.165) is 23.1 Å². The van der Waals surface area contributed by atoms with Gasteiger partial charge < -0.3 is 10.2 Å². The van der Waals surface area contributed by atoms with Gasteiger partial charge in [-0.15, -0.1) is 0 Å². The SMILES string of the molecule is CC[C@@H](C)NC(=O)[C@@H](C)N(Cc1ccccc1C)C(=O)CCc1ccc(C(C)C)cc1. The molecule has 0 aliphatic heterocycles. The van der Waals surface area contributed by atoms with Gasteiger partial charge in [-0.25, -0.2) is 0 Å². The Balaban J connectivity index is 2.14. The van der Waals surface area contributed by atoms with Crippen molar-refractivity contribution in [2.24, 2.45) is 0 Å². The molecule has 0 aromatic heterocycles. The van der Waals surface area contributed by atoms with Crippen molar-refractivity contribution in [3.63, 3.8) is 0 Å². The van der Waals surface area contributed by atoms with Gasteiger partial charge in [-0.3, -0.25) is 9.59 Å². The smallest absolute Gasteiger partial charge is 0.242 e. The zero-order valence-electron chi connectivity index (χ0n) is 19.9. The van der Waals surface area contributed by atoms with Crippen LogP contribution in [0.25, 0.3) is 0 Å². The molecule has 0 aliphatic rings. The highest BCUT2D eigenvalue weighted by Crippen LogP contribution is 2.18. The first-order valence-electron chi connectivity index (χ1n) is 11.5. The molecule has 2 rings (SSSR count). The summed E-state index contributed by atoms with van der Waals surface area (Å²) in [5.74, 6) is 0.394. The van der Waals surface area contributed by atoms with E-state index in [4.69, 9.17) is 0 Å². The molecule has 4 heteroatoms. The van der Waals surface area contributed by atoms with Gasteiger partial charge in [0, 0.05) is 19.0 Å². The number of carbonyl (C=O) groups is 2. The van der Waals surface area contributed by atoms with Crippen LogP contribution in [0.5, 0.6) is 0 Å². The number of aryl methyl sites for hydroxylation is 2. The maximum absolute atomic E-state index is 13.3. The van der Waals surface area contributed by atoms with Crippen molar-refractivity contribution >= 4 is 11.8 Å². The third-order valence-corrected chi connectivity index (χ3v) is 6.04. The lowest BCUT2D eigenvalue weighted by Crippen LogP contribution is -2.49. The minimum Gasteiger partial charge on any atom is -0.352 e. The molecular formula is C27H38N2O2. The Hall–Kier alpha value is -2.62. The molecule has 2 aromatic carbocycles. The third-order valence-electron chi connectivity index (χ3n) is 6.04. The summed E-state index contributed by atoms with van der Waals surface area (Å²) >= 11 is 0. The number of carbonyl (C=O) groups excluding carboxylic acids is 2. The Labute approximate surface area is 188 Å². The zero-order chi connectivity index (χ0) is 23.0. The first-order valence-corrected chi connectivity index (χ1v) is 11.5. The number of nitrogens with zero attached hydrogens (tertiary/aromatic N) is 1. The fourth-order valence-electron chi connectivity index (χ4n) is 3.48. The molecule has 0 saturated heterocycles. The van der Waals surface area contributed by atoms with Gasteiger partial charge in [-0.2, -0.15) is 0 Å². The first-order chi connectivity index (χ1) is 14.7. The number of hydrogen-bond acceptors (Lipinski definition) is 2. The van der Waals surface area contributed by atoms with E-state index in [0.29, 0.717) is 25.3 Å². The molecule has 4 nitrogen and oxygen atoms in total. The second-order valence-electron chi connectivity index (χ2n) is 8.84. The summed E-state index contributed by atoms with van der Waals surface area (Å²) in [5, 5.41) is 3.02. The molecule has 0 radical (unpaired) electrons. The van der Waals surface area contributed by atoms with Crippen molar-refractivity contribution in [1.29, 1.82) is 0 Å². The van der Waals surface area contributed by atoms with Crippen molar-refractivity contribution in [3.8, 4) is 0 Å². The summed E-state index contributed by atoms with van der Waals surface area (Å²) in [7, 11) is 0. The molecule has 0 heterocycles. The first kappa shape index (κ1) is 24.6. The average Bonchev–Trinajstić information content (AvgIpc) is 2.76. The Bertz CT molecular complexity index is 858. The molecule has 1 N–H and O–H groups in total. The number of nitrogens with one attached hydrogen (secondary N) is 1. The lowest BCUT2D eigenvalue weighted by Gasteiger charge is -2.30. The summed E-state index contributed by atoms with van der Waals surface area (Å²) < 4.78 is 0. The fraction of sp³-hybridized carbons (Fsp3) is 0.481. The van der Waals surface area contributed by atoms with Crippen LogP contribution in [-0.2, 0) is 22.6 Å². The second kappa shape index (κ2) is 11.7. The molecule has 0 aliphatic carbocycles. The van der Waals surface area contributed by atoms with Gasteiger partial charge in [0.05, 0.1) is 0 Å². The van der Waals surface area contributed by atoms with Crippen molar-refractivity contribution < 1.29 is 9.59 Å². The molecule has 0 fully saturated rings. The summed E-state index contributed by atoms with van der Waals surface area (Å²) in [6.07, 6.45) is 1.91. The van der Waals surface area contributed by atoms with Gasteiger partial charge in [0.15, 0.2) is 0 Å². The van der Waals surface area contributed by atoms with E-state index in [-0.39, 0.29) is 17.9 Å². The maximum Gasteiger partial charge on any atom is 0.242 e. The molecule has 0 saturated carbocycles.